The molecule has 2 aromatic heterocycles. The van der Waals surface area contributed by atoms with Gasteiger partial charge in [0.05, 0.1) is 23.2 Å². The van der Waals surface area contributed by atoms with E-state index < -0.39 is 11.7 Å². The Balaban J connectivity index is 1.61. The number of ether oxygens (including phenoxy) is 1. The zero-order valence-electron chi connectivity index (χ0n) is 15.6. The third-order valence-corrected chi connectivity index (χ3v) is 6.86. The number of thiophene rings is 1. The maximum absolute atomic E-state index is 12.8. The Kier molecular flexibility index (Phi) is 4.46. The van der Waals surface area contributed by atoms with Crippen molar-refractivity contribution in [3.8, 4) is 0 Å². The Labute approximate surface area is 170 Å². The van der Waals surface area contributed by atoms with E-state index in [1.54, 1.807) is 16.2 Å². The molecule has 0 spiro atoms. The zero-order valence-corrected chi connectivity index (χ0v) is 18.0. The van der Waals surface area contributed by atoms with Crippen LogP contribution >= 0.6 is 27.3 Å². The summed E-state index contributed by atoms with van der Waals surface area (Å²) < 4.78 is 6.49. The van der Waals surface area contributed by atoms with Crippen molar-refractivity contribution in [3.05, 3.63) is 48.2 Å². The number of rotatable bonds is 2. The van der Waals surface area contributed by atoms with Crippen molar-refractivity contribution in [2.45, 2.75) is 57.6 Å². The Morgan fingerprint density at radius 2 is 2.15 bits per heavy atom. The molecule has 0 radical (unpaired) electrons. The van der Waals surface area contributed by atoms with E-state index in [9.17, 15) is 9.59 Å². The van der Waals surface area contributed by atoms with Gasteiger partial charge < -0.3 is 14.6 Å². The van der Waals surface area contributed by atoms with Crippen LogP contribution in [-0.2, 0) is 23.1 Å². The number of nitrogens with one attached hydrogen (secondary N) is 1. The van der Waals surface area contributed by atoms with E-state index in [0.717, 1.165) is 28.8 Å². The van der Waals surface area contributed by atoms with Crippen LogP contribution in [0.3, 0.4) is 0 Å². The molecule has 1 N–H and O–H groups in total. The lowest BCUT2D eigenvalue weighted by Gasteiger charge is -2.30. The summed E-state index contributed by atoms with van der Waals surface area (Å²) in [6.45, 7) is 6.25. The SMILES string of the molecule is CC(C)(C)OC(=O)N1CCc2nc(C3(c4cc(Br)cs4)CC3)[nH]c(=O)c2C1. The van der Waals surface area contributed by atoms with E-state index in [1.165, 1.54) is 4.88 Å². The summed E-state index contributed by atoms with van der Waals surface area (Å²) >= 11 is 5.20. The Bertz CT molecular complexity index is 956. The molecule has 0 saturated heterocycles. The summed E-state index contributed by atoms with van der Waals surface area (Å²) in [6, 6.07) is 2.11. The van der Waals surface area contributed by atoms with Gasteiger partial charge in [-0.05, 0) is 55.6 Å². The van der Waals surface area contributed by atoms with Gasteiger partial charge in [-0.25, -0.2) is 9.78 Å². The number of halogens is 1. The van der Waals surface area contributed by atoms with Crippen LogP contribution < -0.4 is 5.56 Å². The predicted octanol–water partition coefficient (Wildman–Crippen LogP) is 3.97. The van der Waals surface area contributed by atoms with Gasteiger partial charge >= 0.3 is 6.09 Å². The number of amides is 1. The van der Waals surface area contributed by atoms with Crippen LogP contribution in [0.15, 0.2) is 20.7 Å². The number of fused-ring (bicyclic) bond motifs is 1. The Hall–Kier alpha value is -1.67. The largest absolute Gasteiger partial charge is 0.444 e. The van der Waals surface area contributed by atoms with E-state index in [1.807, 2.05) is 20.8 Å². The highest BCUT2D eigenvalue weighted by atomic mass is 79.9. The van der Waals surface area contributed by atoms with E-state index in [0.29, 0.717) is 18.5 Å². The maximum Gasteiger partial charge on any atom is 0.410 e. The fourth-order valence-corrected chi connectivity index (χ4v) is 5.11. The molecule has 1 aliphatic heterocycles. The summed E-state index contributed by atoms with van der Waals surface area (Å²) in [5, 5.41) is 2.06. The first-order valence-electron chi connectivity index (χ1n) is 9.03. The minimum absolute atomic E-state index is 0.148. The number of nitrogens with zero attached hydrogens (tertiary/aromatic N) is 2. The molecule has 0 atom stereocenters. The summed E-state index contributed by atoms with van der Waals surface area (Å²) in [7, 11) is 0. The molecule has 1 amide bonds. The van der Waals surface area contributed by atoms with Gasteiger partial charge in [-0.1, -0.05) is 0 Å². The molecule has 0 unspecified atom stereocenters. The lowest BCUT2D eigenvalue weighted by Crippen LogP contribution is -2.42. The number of hydrogen-bond acceptors (Lipinski definition) is 5. The number of hydrogen-bond donors (Lipinski definition) is 1. The summed E-state index contributed by atoms with van der Waals surface area (Å²) in [5.74, 6) is 0.756. The monoisotopic (exact) mass is 451 g/mol. The molecule has 1 saturated carbocycles. The van der Waals surface area contributed by atoms with Crippen LogP contribution in [0, 0.1) is 0 Å². The van der Waals surface area contributed by atoms with Gasteiger partial charge in [-0.2, -0.15) is 0 Å². The number of aromatic nitrogens is 2. The number of aromatic amines is 1. The molecule has 6 nitrogen and oxygen atoms in total. The standard InChI is InChI=1S/C19H22BrN3O3S/c1-18(2,3)26-17(25)23-7-4-13-12(9-23)15(24)22-16(21-13)19(5-6-19)14-8-11(20)10-27-14/h8,10H,4-7,9H2,1-3H3,(H,21,22,24). The highest BCUT2D eigenvalue weighted by Gasteiger charge is 2.50. The fraction of sp³-hybridized carbons (Fsp3) is 0.526. The van der Waals surface area contributed by atoms with E-state index in [2.05, 4.69) is 32.4 Å². The van der Waals surface area contributed by atoms with Gasteiger partial charge in [-0.15, -0.1) is 11.3 Å². The van der Waals surface area contributed by atoms with E-state index in [-0.39, 0.29) is 17.5 Å². The first-order valence-corrected chi connectivity index (χ1v) is 10.7. The van der Waals surface area contributed by atoms with Crippen LogP contribution in [0.4, 0.5) is 4.79 Å². The van der Waals surface area contributed by atoms with Crippen LogP contribution in [-0.4, -0.2) is 33.1 Å². The predicted molar refractivity (Wildman–Crippen MR) is 107 cm³/mol. The van der Waals surface area contributed by atoms with Crippen molar-refractivity contribution in [2.75, 3.05) is 6.54 Å². The number of H-pyrrole nitrogens is 1. The van der Waals surface area contributed by atoms with Crippen molar-refractivity contribution < 1.29 is 9.53 Å². The number of carbonyl (C=O) groups excluding carboxylic acids is 1. The van der Waals surface area contributed by atoms with Crippen molar-refractivity contribution in [2.24, 2.45) is 0 Å². The quantitative estimate of drug-likeness (QED) is 0.749. The lowest BCUT2D eigenvalue weighted by molar-refractivity contribution is 0.0221. The second kappa shape index (κ2) is 6.44. The van der Waals surface area contributed by atoms with Gasteiger partial charge in [0.15, 0.2) is 0 Å². The second-order valence-corrected chi connectivity index (χ2v) is 10.0. The van der Waals surface area contributed by atoms with Crippen LogP contribution in [0.2, 0.25) is 0 Å². The molecule has 27 heavy (non-hydrogen) atoms. The Morgan fingerprint density at radius 1 is 1.41 bits per heavy atom. The maximum atomic E-state index is 12.8. The molecule has 0 bridgehead atoms. The van der Waals surface area contributed by atoms with Crippen molar-refractivity contribution in [3.63, 3.8) is 0 Å². The molecule has 2 aromatic rings. The van der Waals surface area contributed by atoms with Crippen molar-refractivity contribution >= 4 is 33.4 Å². The molecule has 1 fully saturated rings. The average Bonchev–Trinajstić information content (AvgIpc) is 3.28. The highest BCUT2D eigenvalue weighted by molar-refractivity contribution is 9.10. The fourth-order valence-electron chi connectivity index (χ4n) is 3.42. The molecular formula is C19H22BrN3O3S. The summed E-state index contributed by atoms with van der Waals surface area (Å²) in [5.41, 5.74) is 0.506. The molecule has 144 valence electrons. The normalized spacial score (nSPS) is 18.1. The molecule has 2 aliphatic rings. The molecule has 3 heterocycles. The first-order chi connectivity index (χ1) is 12.7. The third kappa shape index (κ3) is 3.57. The highest BCUT2D eigenvalue weighted by Crippen LogP contribution is 2.54. The molecule has 8 heteroatoms. The molecule has 0 aromatic carbocycles. The van der Waals surface area contributed by atoms with Crippen molar-refractivity contribution in [1.82, 2.24) is 14.9 Å². The van der Waals surface area contributed by atoms with Crippen LogP contribution in [0.1, 0.15) is 55.6 Å². The minimum Gasteiger partial charge on any atom is -0.444 e. The van der Waals surface area contributed by atoms with E-state index >= 15 is 0 Å². The molecular weight excluding hydrogens is 430 g/mol. The van der Waals surface area contributed by atoms with Crippen LogP contribution in [0.25, 0.3) is 0 Å². The van der Waals surface area contributed by atoms with Crippen molar-refractivity contribution in [1.29, 1.82) is 0 Å². The van der Waals surface area contributed by atoms with Gasteiger partial charge in [0.1, 0.15) is 11.4 Å². The summed E-state index contributed by atoms with van der Waals surface area (Å²) in [4.78, 5) is 35.7. The topological polar surface area (TPSA) is 75.3 Å². The molecule has 4 rings (SSSR count). The average molecular weight is 452 g/mol. The smallest absolute Gasteiger partial charge is 0.410 e. The first kappa shape index (κ1) is 18.7. The lowest BCUT2D eigenvalue weighted by atomic mass is 10.0. The van der Waals surface area contributed by atoms with E-state index in [4.69, 9.17) is 9.72 Å². The Morgan fingerprint density at radius 3 is 2.74 bits per heavy atom. The van der Waals surface area contributed by atoms with Gasteiger partial charge in [-0.3, -0.25) is 4.79 Å². The molecule has 1 aliphatic carbocycles. The van der Waals surface area contributed by atoms with Crippen LogP contribution in [0.5, 0.6) is 0 Å². The van der Waals surface area contributed by atoms with Gasteiger partial charge in [0.2, 0.25) is 0 Å². The third-order valence-electron chi connectivity index (χ3n) is 4.96. The minimum atomic E-state index is -0.556. The zero-order chi connectivity index (χ0) is 19.4. The van der Waals surface area contributed by atoms with Gasteiger partial charge in [0, 0.05) is 27.7 Å². The van der Waals surface area contributed by atoms with Gasteiger partial charge in [0.25, 0.3) is 5.56 Å². The number of carbonyl (C=O) groups is 1. The summed E-state index contributed by atoms with van der Waals surface area (Å²) in [6.07, 6.45) is 2.16. The second-order valence-electron chi connectivity index (χ2n) is 8.20.